The first-order valence-corrected chi connectivity index (χ1v) is 7.49. The van der Waals surface area contributed by atoms with Crippen molar-refractivity contribution in [3.8, 4) is 23.3 Å². The summed E-state index contributed by atoms with van der Waals surface area (Å²) in [5.74, 6) is 1.89. The largest absolute Gasteiger partial charge is 0.497 e. The summed E-state index contributed by atoms with van der Waals surface area (Å²) in [4.78, 5) is 0. The van der Waals surface area contributed by atoms with Crippen LogP contribution in [0.15, 0.2) is 42.5 Å². The first kappa shape index (κ1) is 16.7. The van der Waals surface area contributed by atoms with Gasteiger partial charge in [0.05, 0.1) is 32.8 Å². The fourth-order valence-corrected chi connectivity index (χ4v) is 2.33. The summed E-state index contributed by atoms with van der Waals surface area (Å²) in [7, 11) is 3.20. The first-order chi connectivity index (χ1) is 11.2. The molecule has 0 amide bonds. The number of methoxy groups -OCH3 is 2. The van der Waals surface area contributed by atoms with E-state index >= 15 is 0 Å². The lowest BCUT2D eigenvalue weighted by molar-refractivity contribution is 0.304. The maximum atomic E-state index is 9.47. The van der Waals surface area contributed by atoms with Crippen LogP contribution in [-0.2, 0) is 0 Å². The van der Waals surface area contributed by atoms with Gasteiger partial charge in [-0.3, -0.25) is 0 Å². The van der Waals surface area contributed by atoms with Crippen molar-refractivity contribution in [1.29, 1.82) is 5.26 Å². The molecule has 0 heterocycles. The number of benzene rings is 2. The first-order valence-electron chi connectivity index (χ1n) is 7.49. The summed E-state index contributed by atoms with van der Waals surface area (Å²) < 4.78 is 16.3. The molecular weight excluding hydrogens is 290 g/mol. The van der Waals surface area contributed by atoms with Crippen molar-refractivity contribution in [2.75, 3.05) is 20.8 Å². The zero-order valence-electron chi connectivity index (χ0n) is 13.7. The van der Waals surface area contributed by atoms with Crippen molar-refractivity contribution in [2.45, 2.75) is 19.3 Å². The Labute approximate surface area is 137 Å². The zero-order chi connectivity index (χ0) is 16.7. The Hall–Kier alpha value is -2.67. The summed E-state index contributed by atoms with van der Waals surface area (Å²) >= 11 is 0. The molecule has 2 aromatic carbocycles. The van der Waals surface area contributed by atoms with Gasteiger partial charge < -0.3 is 14.2 Å². The van der Waals surface area contributed by atoms with E-state index in [2.05, 4.69) is 6.07 Å². The van der Waals surface area contributed by atoms with Crippen molar-refractivity contribution in [1.82, 2.24) is 0 Å². The average molecular weight is 311 g/mol. The van der Waals surface area contributed by atoms with Crippen LogP contribution in [-0.4, -0.2) is 20.8 Å². The predicted octanol–water partition coefficient (Wildman–Crippen LogP) is 4.09. The third-order valence-electron chi connectivity index (χ3n) is 3.67. The molecule has 120 valence electrons. The van der Waals surface area contributed by atoms with Crippen LogP contribution in [0.4, 0.5) is 0 Å². The lowest BCUT2D eigenvalue weighted by Gasteiger charge is -2.15. The lowest BCUT2D eigenvalue weighted by atomic mass is 9.96. The number of rotatable bonds is 7. The smallest absolute Gasteiger partial charge is 0.127 e. The van der Waals surface area contributed by atoms with Crippen LogP contribution >= 0.6 is 0 Å². The van der Waals surface area contributed by atoms with Gasteiger partial charge in [-0.25, -0.2) is 0 Å². The third-order valence-corrected chi connectivity index (χ3v) is 3.67. The Kier molecular flexibility index (Phi) is 5.87. The molecule has 23 heavy (non-hydrogen) atoms. The molecule has 0 radical (unpaired) electrons. The standard InChI is InChI=1S/C19H21NO3/c1-14-4-6-16(7-5-14)23-11-10-15(13-20)18-9-8-17(21-2)12-19(18)22-3/h4-9,12,15H,10-11H2,1-3H3. The highest BCUT2D eigenvalue weighted by atomic mass is 16.5. The summed E-state index contributed by atoms with van der Waals surface area (Å²) in [6, 6.07) is 15.7. The molecular formula is C19H21NO3. The molecule has 2 rings (SSSR count). The maximum Gasteiger partial charge on any atom is 0.127 e. The Morgan fingerprint density at radius 3 is 2.30 bits per heavy atom. The normalized spacial score (nSPS) is 11.4. The number of hydrogen-bond donors (Lipinski definition) is 0. The van der Waals surface area contributed by atoms with Crippen molar-refractivity contribution in [3.63, 3.8) is 0 Å². The Bertz CT molecular complexity index is 674. The van der Waals surface area contributed by atoms with E-state index in [0.717, 1.165) is 11.3 Å². The van der Waals surface area contributed by atoms with Gasteiger partial charge in [0.15, 0.2) is 0 Å². The molecule has 0 aromatic heterocycles. The SMILES string of the molecule is COc1ccc(C(C#N)CCOc2ccc(C)cc2)c(OC)c1. The van der Waals surface area contributed by atoms with Crippen molar-refractivity contribution < 1.29 is 14.2 Å². The molecule has 0 saturated heterocycles. The van der Waals surface area contributed by atoms with Crippen molar-refractivity contribution >= 4 is 0 Å². The minimum absolute atomic E-state index is 0.290. The molecule has 0 spiro atoms. The zero-order valence-corrected chi connectivity index (χ0v) is 13.7. The molecule has 4 heteroatoms. The van der Waals surface area contributed by atoms with Crippen LogP contribution < -0.4 is 14.2 Å². The van der Waals surface area contributed by atoms with Crippen molar-refractivity contribution in [3.05, 3.63) is 53.6 Å². The quantitative estimate of drug-likeness (QED) is 0.773. The molecule has 4 nitrogen and oxygen atoms in total. The highest BCUT2D eigenvalue weighted by Crippen LogP contribution is 2.32. The van der Waals surface area contributed by atoms with Crippen LogP contribution in [0.2, 0.25) is 0 Å². The molecule has 0 aliphatic carbocycles. The molecule has 0 aliphatic rings. The van der Waals surface area contributed by atoms with Gasteiger partial charge in [0.25, 0.3) is 0 Å². The highest BCUT2D eigenvalue weighted by Gasteiger charge is 2.16. The summed E-state index contributed by atoms with van der Waals surface area (Å²) in [5, 5.41) is 9.47. The van der Waals surface area contributed by atoms with Gasteiger partial charge in [0, 0.05) is 18.1 Å². The number of ether oxygens (including phenoxy) is 3. The van der Waals surface area contributed by atoms with Gasteiger partial charge in [-0.2, -0.15) is 5.26 Å². The minimum Gasteiger partial charge on any atom is -0.497 e. The van der Waals surface area contributed by atoms with E-state index < -0.39 is 0 Å². The van der Waals surface area contributed by atoms with Gasteiger partial charge in [0.2, 0.25) is 0 Å². The number of nitrogens with zero attached hydrogens (tertiary/aromatic N) is 1. The fourth-order valence-electron chi connectivity index (χ4n) is 2.33. The Balaban J connectivity index is 2.02. The second-order valence-corrected chi connectivity index (χ2v) is 5.24. The molecule has 0 bridgehead atoms. The fraction of sp³-hybridized carbons (Fsp3) is 0.316. The Morgan fingerprint density at radius 2 is 1.70 bits per heavy atom. The van der Waals surface area contributed by atoms with E-state index in [1.807, 2.05) is 43.3 Å². The van der Waals surface area contributed by atoms with E-state index in [-0.39, 0.29) is 5.92 Å². The summed E-state index contributed by atoms with van der Waals surface area (Å²) in [6.45, 7) is 2.50. The predicted molar refractivity (Wildman–Crippen MR) is 89.2 cm³/mol. The second-order valence-electron chi connectivity index (χ2n) is 5.24. The van der Waals surface area contributed by atoms with Gasteiger partial charge in [0.1, 0.15) is 17.2 Å². The number of nitriles is 1. The minimum atomic E-state index is -0.290. The molecule has 1 atom stereocenters. The van der Waals surface area contributed by atoms with E-state index in [0.29, 0.717) is 24.5 Å². The number of hydrogen-bond acceptors (Lipinski definition) is 4. The van der Waals surface area contributed by atoms with Gasteiger partial charge in [-0.15, -0.1) is 0 Å². The van der Waals surface area contributed by atoms with Gasteiger partial charge in [-0.1, -0.05) is 23.8 Å². The lowest BCUT2D eigenvalue weighted by Crippen LogP contribution is -2.06. The third kappa shape index (κ3) is 4.40. The summed E-state index contributed by atoms with van der Waals surface area (Å²) in [5.41, 5.74) is 2.04. The molecule has 1 unspecified atom stereocenters. The molecule has 0 N–H and O–H groups in total. The molecule has 0 aliphatic heterocycles. The van der Waals surface area contributed by atoms with E-state index in [1.54, 1.807) is 20.3 Å². The van der Waals surface area contributed by atoms with Crippen molar-refractivity contribution in [2.24, 2.45) is 0 Å². The van der Waals surface area contributed by atoms with E-state index in [1.165, 1.54) is 5.56 Å². The Morgan fingerprint density at radius 1 is 1.00 bits per heavy atom. The van der Waals surface area contributed by atoms with Crippen LogP contribution in [0.25, 0.3) is 0 Å². The molecule has 2 aromatic rings. The monoisotopic (exact) mass is 311 g/mol. The summed E-state index contributed by atoms with van der Waals surface area (Å²) in [6.07, 6.45) is 0.590. The van der Waals surface area contributed by atoms with Crippen LogP contribution in [0.3, 0.4) is 0 Å². The average Bonchev–Trinajstić information content (AvgIpc) is 2.60. The van der Waals surface area contributed by atoms with Crippen LogP contribution in [0.5, 0.6) is 17.2 Å². The molecule has 0 saturated carbocycles. The van der Waals surface area contributed by atoms with Gasteiger partial charge >= 0.3 is 0 Å². The topological polar surface area (TPSA) is 51.5 Å². The maximum absolute atomic E-state index is 9.47. The van der Waals surface area contributed by atoms with E-state index in [4.69, 9.17) is 14.2 Å². The van der Waals surface area contributed by atoms with E-state index in [9.17, 15) is 5.26 Å². The van der Waals surface area contributed by atoms with Gasteiger partial charge in [-0.05, 0) is 25.1 Å². The second kappa shape index (κ2) is 8.09. The van der Waals surface area contributed by atoms with Crippen LogP contribution in [0, 0.1) is 18.3 Å². The molecule has 0 fully saturated rings. The highest BCUT2D eigenvalue weighted by molar-refractivity contribution is 5.44. The van der Waals surface area contributed by atoms with Crippen LogP contribution in [0.1, 0.15) is 23.5 Å². The number of aryl methyl sites for hydroxylation is 1.